The van der Waals surface area contributed by atoms with Crippen LogP contribution in [0.15, 0.2) is 36.4 Å². The second-order valence-corrected chi connectivity index (χ2v) is 4.54. The van der Waals surface area contributed by atoms with Crippen LogP contribution < -0.4 is 4.74 Å². The monoisotopic (exact) mass is 262 g/mol. The molecular formula is C16H22O3. The molecule has 19 heavy (non-hydrogen) atoms. The lowest BCUT2D eigenvalue weighted by Crippen LogP contribution is -2.11. The van der Waals surface area contributed by atoms with Crippen LogP contribution in [0.3, 0.4) is 0 Å². The fourth-order valence-corrected chi connectivity index (χ4v) is 1.86. The normalized spacial score (nSPS) is 12.5. The zero-order valence-electron chi connectivity index (χ0n) is 11.6. The van der Waals surface area contributed by atoms with E-state index < -0.39 is 5.97 Å². The van der Waals surface area contributed by atoms with Crippen LogP contribution in [0, 0.1) is 5.92 Å². The highest BCUT2D eigenvalue weighted by atomic mass is 16.5. The molecular weight excluding hydrogens is 240 g/mol. The lowest BCUT2D eigenvalue weighted by Gasteiger charge is -2.05. The van der Waals surface area contributed by atoms with Crippen LogP contribution in [-0.2, 0) is 11.2 Å². The molecule has 1 unspecified atom stereocenters. The Bertz CT molecular complexity index is 407. The van der Waals surface area contributed by atoms with Gasteiger partial charge < -0.3 is 9.84 Å². The van der Waals surface area contributed by atoms with Gasteiger partial charge in [0.2, 0.25) is 0 Å². The summed E-state index contributed by atoms with van der Waals surface area (Å²) < 4.78 is 5.10. The molecule has 0 bridgehead atoms. The highest BCUT2D eigenvalue weighted by Gasteiger charge is 2.11. The van der Waals surface area contributed by atoms with Gasteiger partial charge in [0.25, 0.3) is 0 Å². The van der Waals surface area contributed by atoms with E-state index in [1.54, 1.807) is 7.11 Å². The number of hydrogen-bond acceptors (Lipinski definition) is 2. The second-order valence-electron chi connectivity index (χ2n) is 4.54. The number of methoxy groups -OCH3 is 1. The Morgan fingerprint density at radius 2 is 2.00 bits per heavy atom. The summed E-state index contributed by atoms with van der Waals surface area (Å²) in [6.07, 6.45) is 7.24. The maximum Gasteiger partial charge on any atom is 0.306 e. The van der Waals surface area contributed by atoms with E-state index >= 15 is 0 Å². The van der Waals surface area contributed by atoms with Crippen molar-refractivity contribution in [2.24, 2.45) is 5.92 Å². The van der Waals surface area contributed by atoms with Crippen molar-refractivity contribution < 1.29 is 14.6 Å². The molecule has 0 saturated heterocycles. The van der Waals surface area contributed by atoms with Gasteiger partial charge in [0, 0.05) is 0 Å². The summed E-state index contributed by atoms with van der Waals surface area (Å²) in [7, 11) is 1.66. The average Bonchev–Trinajstić information content (AvgIpc) is 2.43. The fraction of sp³-hybridized carbons (Fsp3) is 0.438. The molecule has 0 fully saturated rings. The summed E-state index contributed by atoms with van der Waals surface area (Å²) >= 11 is 0. The van der Waals surface area contributed by atoms with E-state index in [0.29, 0.717) is 12.8 Å². The lowest BCUT2D eigenvalue weighted by atomic mass is 10.0. The number of carboxylic acids is 1. The highest BCUT2D eigenvalue weighted by Crippen LogP contribution is 2.13. The molecule has 0 aliphatic carbocycles. The summed E-state index contributed by atoms with van der Waals surface area (Å²) in [5, 5.41) is 8.91. The van der Waals surface area contributed by atoms with Gasteiger partial charge in [-0.2, -0.15) is 0 Å². The summed E-state index contributed by atoms with van der Waals surface area (Å²) in [4.78, 5) is 10.8. The van der Waals surface area contributed by atoms with E-state index in [4.69, 9.17) is 9.84 Å². The lowest BCUT2D eigenvalue weighted by molar-refractivity contribution is -0.141. The van der Waals surface area contributed by atoms with Crippen molar-refractivity contribution in [3.8, 4) is 5.75 Å². The van der Waals surface area contributed by atoms with Crippen LogP contribution in [0.25, 0.3) is 0 Å². The third-order valence-electron chi connectivity index (χ3n) is 3.19. The van der Waals surface area contributed by atoms with Gasteiger partial charge in [-0.25, -0.2) is 0 Å². The summed E-state index contributed by atoms with van der Waals surface area (Å²) in [6.45, 7) is 1.91. The van der Waals surface area contributed by atoms with E-state index in [1.807, 2.05) is 25.1 Å². The predicted octanol–water partition coefficient (Wildman–Crippen LogP) is 3.68. The third kappa shape index (κ3) is 5.60. The highest BCUT2D eigenvalue weighted by molar-refractivity contribution is 5.70. The van der Waals surface area contributed by atoms with Crippen molar-refractivity contribution in [1.82, 2.24) is 0 Å². The Balaban J connectivity index is 2.31. The Labute approximate surface area is 114 Å². The van der Waals surface area contributed by atoms with Gasteiger partial charge in [-0.05, 0) is 43.4 Å². The second kappa shape index (κ2) is 8.35. The molecule has 0 aliphatic heterocycles. The molecule has 104 valence electrons. The molecule has 0 aromatic heterocycles. The Kier molecular flexibility index (Phi) is 6.72. The first-order valence-corrected chi connectivity index (χ1v) is 6.68. The number of ether oxygens (including phenoxy) is 1. The quantitative estimate of drug-likeness (QED) is 0.727. The van der Waals surface area contributed by atoms with Gasteiger partial charge in [0.15, 0.2) is 0 Å². The average molecular weight is 262 g/mol. The maximum absolute atomic E-state index is 10.8. The van der Waals surface area contributed by atoms with Crippen LogP contribution in [-0.4, -0.2) is 18.2 Å². The zero-order chi connectivity index (χ0) is 14.1. The Morgan fingerprint density at radius 3 is 2.53 bits per heavy atom. The first kappa shape index (κ1) is 15.3. The van der Waals surface area contributed by atoms with Crippen molar-refractivity contribution in [3.05, 3.63) is 42.0 Å². The molecule has 0 spiro atoms. The minimum atomic E-state index is -0.706. The van der Waals surface area contributed by atoms with E-state index in [-0.39, 0.29) is 5.92 Å². The van der Waals surface area contributed by atoms with Gasteiger partial charge in [0.1, 0.15) is 5.75 Å². The van der Waals surface area contributed by atoms with Crippen molar-refractivity contribution in [2.75, 3.05) is 7.11 Å². The molecule has 0 aliphatic rings. The van der Waals surface area contributed by atoms with Crippen molar-refractivity contribution in [2.45, 2.75) is 32.6 Å². The number of hydrogen-bond donors (Lipinski definition) is 1. The molecule has 3 heteroatoms. The first-order chi connectivity index (χ1) is 9.17. The Morgan fingerprint density at radius 1 is 1.32 bits per heavy atom. The summed E-state index contributed by atoms with van der Waals surface area (Å²) in [5.41, 5.74) is 1.26. The van der Waals surface area contributed by atoms with Crippen LogP contribution in [0.5, 0.6) is 5.75 Å². The van der Waals surface area contributed by atoms with Gasteiger partial charge in [-0.1, -0.05) is 31.2 Å². The molecule has 1 N–H and O–H groups in total. The number of carbonyl (C=O) groups is 1. The first-order valence-electron chi connectivity index (χ1n) is 6.68. The Hall–Kier alpha value is -1.77. The standard InChI is InChI=1S/C16H22O3/c1-3-14(16(17)18)8-6-4-5-7-13-9-11-15(19-2)12-10-13/h4,6,9-12,14H,3,5,7-8H2,1-2H3,(H,17,18)/b6-4+. The molecule has 0 amide bonds. The van der Waals surface area contributed by atoms with Crippen LogP contribution in [0.4, 0.5) is 0 Å². The van der Waals surface area contributed by atoms with Gasteiger partial charge in [-0.15, -0.1) is 0 Å². The molecule has 0 saturated carbocycles. The minimum absolute atomic E-state index is 0.253. The molecule has 1 aromatic rings. The van der Waals surface area contributed by atoms with Gasteiger partial charge in [-0.3, -0.25) is 4.79 Å². The predicted molar refractivity (Wildman–Crippen MR) is 76.5 cm³/mol. The largest absolute Gasteiger partial charge is 0.497 e. The SMILES string of the molecule is CCC(C/C=C/CCc1ccc(OC)cc1)C(=O)O. The van der Waals surface area contributed by atoms with Crippen LogP contribution >= 0.6 is 0 Å². The van der Waals surface area contributed by atoms with Gasteiger partial charge in [0.05, 0.1) is 13.0 Å². The minimum Gasteiger partial charge on any atom is -0.497 e. The fourth-order valence-electron chi connectivity index (χ4n) is 1.86. The van der Waals surface area contributed by atoms with Crippen LogP contribution in [0.1, 0.15) is 31.7 Å². The van der Waals surface area contributed by atoms with Crippen molar-refractivity contribution >= 4 is 5.97 Å². The number of benzene rings is 1. The number of aryl methyl sites for hydroxylation is 1. The van der Waals surface area contributed by atoms with E-state index in [9.17, 15) is 4.79 Å². The van der Waals surface area contributed by atoms with Crippen molar-refractivity contribution in [1.29, 1.82) is 0 Å². The zero-order valence-corrected chi connectivity index (χ0v) is 11.6. The number of aliphatic carboxylic acids is 1. The van der Waals surface area contributed by atoms with E-state index in [1.165, 1.54) is 5.56 Å². The molecule has 1 atom stereocenters. The van der Waals surface area contributed by atoms with Gasteiger partial charge >= 0.3 is 5.97 Å². The van der Waals surface area contributed by atoms with E-state index in [0.717, 1.165) is 18.6 Å². The number of allylic oxidation sites excluding steroid dienone is 2. The third-order valence-corrected chi connectivity index (χ3v) is 3.19. The maximum atomic E-state index is 10.8. The molecule has 0 heterocycles. The van der Waals surface area contributed by atoms with Crippen molar-refractivity contribution in [3.63, 3.8) is 0 Å². The summed E-state index contributed by atoms with van der Waals surface area (Å²) in [5.74, 6) is -0.0916. The molecule has 3 nitrogen and oxygen atoms in total. The molecule has 1 rings (SSSR count). The molecule has 0 radical (unpaired) electrons. The number of rotatable bonds is 8. The van der Waals surface area contributed by atoms with E-state index in [2.05, 4.69) is 18.2 Å². The topological polar surface area (TPSA) is 46.5 Å². The summed E-state index contributed by atoms with van der Waals surface area (Å²) in [6, 6.07) is 8.02. The molecule has 1 aromatic carbocycles. The number of carboxylic acid groups (broad SMARTS) is 1. The smallest absolute Gasteiger partial charge is 0.306 e. The van der Waals surface area contributed by atoms with Crippen LogP contribution in [0.2, 0.25) is 0 Å².